The second-order valence-corrected chi connectivity index (χ2v) is 6.62. The van der Waals surface area contributed by atoms with Crippen molar-refractivity contribution in [2.75, 3.05) is 6.54 Å². The summed E-state index contributed by atoms with van der Waals surface area (Å²) in [5, 5.41) is 5.36. The lowest BCUT2D eigenvalue weighted by atomic mass is 9.67. The number of hydrogen-bond donors (Lipinski definition) is 1. The third-order valence-corrected chi connectivity index (χ3v) is 5.11. The summed E-state index contributed by atoms with van der Waals surface area (Å²) >= 11 is 6.44. The molecule has 0 saturated heterocycles. The highest BCUT2D eigenvalue weighted by Crippen LogP contribution is 2.42. The van der Waals surface area contributed by atoms with Crippen LogP contribution in [0.3, 0.4) is 0 Å². The maximum Gasteiger partial charge on any atom is 0.0847 e. The summed E-state index contributed by atoms with van der Waals surface area (Å²) in [5.74, 6) is 0.773. The predicted octanol–water partition coefficient (Wildman–Crippen LogP) is 3.56. The minimum atomic E-state index is 0.223. The summed E-state index contributed by atoms with van der Waals surface area (Å²) in [6.07, 6.45) is 6.03. The van der Waals surface area contributed by atoms with Crippen LogP contribution in [0.1, 0.15) is 50.9 Å². The molecule has 4 heteroatoms. The molecule has 0 radical (unpaired) electrons. The Kier molecular flexibility index (Phi) is 4.57. The SMILES string of the molecule is CCn1nc(C)c(Cl)c1CC1(CN)CCCC(C)C1. The molecule has 1 aliphatic carbocycles. The highest BCUT2D eigenvalue weighted by Gasteiger charge is 2.35. The molecule has 0 aromatic carbocycles. The van der Waals surface area contributed by atoms with Gasteiger partial charge in [-0.2, -0.15) is 5.10 Å². The molecule has 0 aliphatic heterocycles. The molecule has 0 spiro atoms. The summed E-state index contributed by atoms with van der Waals surface area (Å²) < 4.78 is 2.05. The Morgan fingerprint density at radius 1 is 1.53 bits per heavy atom. The van der Waals surface area contributed by atoms with Crippen LogP contribution in [0, 0.1) is 18.3 Å². The number of halogens is 1. The summed E-state index contributed by atoms with van der Waals surface area (Å²) in [6.45, 7) is 8.07. The molecule has 1 aromatic heterocycles. The third kappa shape index (κ3) is 2.97. The van der Waals surface area contributed by atoms with Crippen molar-refractivity contribution in [2.45, 2.75) is 59.4 Å². The molecule has 1 aliphatic rings. The molecular formula is C15H26ClN3. The largest absolute Gasteiger partial charge is 0.330 e. The van der Waals surface area contributed by atoms with Crippen molar-refractivity contribution in [1.29, 1.82) is 0 Å². The van der Waals surface area contributed by atoms with Crippen LogP contribution in [0.2, 0.25) is 5.02 Å². The van der Waals surface area contributed by atoms with Gasteiger partial charge in [-0.25, -0.2) is 0 Å². The zero-order valence-corrected chi connectivity index (χ0v) is 13.1. The first-order valence-electron chi connectivity index (χ1n) is 7.43. The van der Waals surface area contributed by atoms with E-state index in [0.717, 1.165) is 36.1 Å². The van der Waals surface area contributed by atoms with E-state index in [1.165, 1.54) is 31.4 Å². The lowest BCUT2D eigenvalue weighted by Gasteiger charge is -2.39. The number of aryl methyl sites for hydroxylation is 2. The molecule has 2 rings (SSSR count). The highest BCUT2D eigenvalue weighted by molar-refractivity contribution is 6.31. The Morgan fingerprint density at radius 2 is 2.26 bits per heavy atom. The quantitative estimate of drug-likeness (QED) is 0.918. The Labute approximate surface area is 121 Å². The van der Waals surface area contributed by atoms with Gasteiger partial charge in [0.1, 0.15) is 0 Å². The van der Waals surface area contributed by atoms with Crippen LogP contribution < -0.4 is 5.73 Å². The Morgan fingerprint density at radius 3 is 2.84 bits per heavy atom. The van der Waals surface area contributed by atoms with Crippen LogP contribution in [0.25, 0.3) is 0 Å². The first-order chi connectivity index (χ1) is 9.01. The standard InChI is InChI=1S/C15H26ClN3/c1-4-19-13(14(16)12(3)18-19)9-15(10-17)7-5-6-11(2)8-15/h11H,4-10,17H2,1-3H3. The van der Waals surface area contributed by atoms with Crippen LogP contribution >= 0.6 is 11.6 Å². The first kappa shape index (κ1) is 14.9. The maximum absolute atomic E-state index is 6.44. The van der Waals surface area contributed by atoms with Crippen molar-refractivity contribution in [3.63, 3.8) is 0 Å². The van der Waals surface area contributed by atoms with E-state index >= 15 is 0 Å². The van der Waals surface area contributed by atoms with E-state index in [4.69, 9.17) is 17.3 Å². The van der Waals surface area contributed by atoms with E-state index in [1.807, 2.05) is 11.6 Å². The molecular weight excluding hydrogens is 258 g/mol. The number of rotatable bonds is 4. The van der Waals surface area contributed by atoms with Crippen LogP contribution in [-0.4, -0.2) is 16.3 Å². The molecule has 1 aromatic rings. The van der Waals surface area contributed by atoms with E-state index in [1.54, 1.807) is 0 Å². The van der Waals surface area contributed by atoms with Gasteiger partial charge in [0.2, 0.25) is 0 Å². The zero-order chi connectivity index (χ0) is 14.0. The fourth-order valence-corrected chi connectivity index (χ4v) is 3.78. The number of nitrogens with two attached hydrogens (primary N) is 1. The Bertz CT molecular complexity index is 441. The van der Waals surface area contributed by atoms with E-state index in [-0.39, 0.29) is 5.41 Å². The van der Waals surface area contributed by atoms with Crippen LogP contribution in [0.4, 0.5) is 0 Å². The molecule has 0 bridgehead atoms. The summed E-state index contributed by atoms with van der Waals surface area (Å²) in [7, 11) is 0. The van der Waals surface area contributed by atoms with E-state index in [0.29, 0.717) is 0 Å². The number of hydrogen-bond acceptors (Lipinski definition) is 2. The fraction of sp³-hybridized carbons (Fsp3) is 0.800. The van der Waals surface area contributed by atoms with Crippen LogP contribution in [0.15, 0.2) is 0 Å². The fourth-order valence-electron chi connectivity index (χ4n) is 3.58. The zero-order valence-electron chi connectivity index (χ0n) is 12.4. The second-order valence-electron chi connectivity index (χ2n) is 6.24. The first-order valence-corrected chi connectivity index (χ1v) is 7.81. The van der Waals surface area contributed by atoms with Gasteiger partial charge in [0, 0.05) is 6.54 Å². The molecule has 2 N–H and O–H groups in total. The van der Waals surface area contributed by atoms with Gasteiger partial charge in [-0.05, 0) is 51.0 Å². The minimum absolute atomic E-state index is 0.223. The average molecular weight is 284 g/mol. The number of nitrogens with zero attached hydrogens (tertiary/aromatic N) is 2. The molecule has 19 heavy (non-hydrogen) atoms. The monoisotopic (exact) mass is 283 g/mol. The van der Waals surface area contributed by atoms with Crippen molar-refractivity contribution in [3.05, 3.63) is 16.4 Å². The lowest BCUT2D eigenvalue weighted by molar-refractivity contribution is 0.150. The van der Waals surface area contributed by atoms with Crippen molar-refractivity contribution < 1.29 is 0 Å². The normalized spacial score (nSPS) is 27.7. The molecule has 2 unspecified atom stereocenters. The van der Waals surface area contributed by atoms with Gasteiger partial charge in [-0.1, -0.05) is 31.4 Å². The van der Waals surface area contributed by atoms with E-state index in [9.17, 15) is 0 Å². The van der Waals surface area contributed by atoms with Gasteiger partial charge in [0.15, 0.2) is 0 Å². The summed E-state index contributed by atoms with van der Waals surface area (Å²) in [4.78, 5) is 0. The van der Waals surface area contributed by atoms with Gasteiger partial charge in [-0.3, -0.25) is 4.68 Å². The summed E-state index contributed by atoms with van der Waals surface area (Å²) in [6, 6.07) is 0. The topological polar surface area (TPSA) is 43.8 Å². The highest BCUT2D eigenvalue weighted by atomic mass is 35.5. The molecule has 3 nitrogen and oxygen atoms in total. The van der Waals surface area contributed by atoms with E-state index in [2.05, 4.69) is 18.9 Å². The Balaban J connectivity index is 2.27. The summed E-state index contributed by atoms with van der Waals surface area (Å²) in [5.41, 5.74) is 8.47. The lowest BCUT2D eigenvalue weighted by Crippen LogP contribution is -2.38. The maximum atomic E-state index is 6.44. The van der Waals surface area contributed by atoms with Crippen molar-refractivity contribution in [1.82, 2.24) is 9.78 Å². The third-order valence-electron chi connectivity index (χ3n) is 4.61. The van der Waals surface area contributed by atoms with Gasteiger partial charge < -0.3 is 5.73 Å². The van der Waals surface area contributed by atoms with Crippen LogP contribution in [0.5, 0.6) is 0 Å². The Hall–Kier alpha value is -0.540. The van der Waals surface area contributed by atoms with Gasteiger partial charge in [0.25, 0.3) is 0 Å². The van der Waals surface area contributed by atoms with Crippen molar-refractivity contribution >= 4 is 11.6 Å². The predicted molar refractivity (Wildman–Crippen MR) is 80.5 cm³/mol. The minimum Gasteiger partial charge on any atom is -0.330 e. The average Bonchev–Trinajstić information content (AvgIpc) is 2.66. The molecule has 2 atom stereocenters. The molecule has 1 heterocycles. The number of aromatic nitrogens is 2. The molecule has 0 amide bonds. The molecule has 108 valence electrons. The molecule has 1 saturated carbocycles. The van der Waals surface area contributed by atoms with Gasteiger partial charge in [0.05, 0.1) is 16.4 Å². The van der Waals surface area contributed by atoms with Gasteiger partial charge >= 0.3 is 0 Å². The second kappa shape index (κ2) is 5.84. The van der Waals surface area contributed by atoms with Crippen molar-refractivity contribution in [2.24, 2.45) is 17.1 Å². The van der Waals surface area contributed by atoms with Gasteiger partial charge in [-0.15, -0.1) is 0 Å². The van der Waals surface area contributed by atoms with Crippen LogP contribution in [-0.2, 0) is 13.0 Å². The molecule has 1 fully saturated rings. The van der Waals surface area contributed by atoms with E-state index < -0.39 is 0 Å². The van der Waals surface area contributed by atoms with Crippen molar-refractivity contribution in [3.8, 4) is 0 Å². The smallest absolute Gasteiger partial charge is 0.0847 e.